The van der Waals surface area contributed by atoms with Crippen LogP contribution < -0.4 is 5.32 Å². The zero-order chi connectivity index (χ0) is 9.68. The van der Waals surface area contributed by atoms with E-state index in [4.69, 9.17) is 12.2 Å². The third kappa shape index (κ3) is 3.73. The minimum absolute atomic E-state index is 0.718. The molecule has 2 nitrogen and oxygen atoms in total. The van der Waals surface area contributed by atoms with E-state index in [9.17, 15) is 0 Å². The smallest absolute Gasteiger partial charge is 0.168 e. The lowest BCUT2D eigenvalue weighted by Crippen LogP contribution is -2.46. The largest absolute Gasteiger partial charge is 0.363 e. The molecule has 0 spiro atoms. The quantitative estimate of drug-likeness (QED) is 0.709. The van der Waals surface area contributed by atoms with Crippen LogP contribution in [0.3, 0.4) is 0 Å². The molecule has 1 rings (SSSR count). The van der Waals surface area contributed by atoms with Gasteiger partial charge in [0.15, 0.2) is 5.11 Å². The Morgan fingerprint density at radius 1 is 1.69 bits per heavy atom. The summed E-state index contributed by atoms with van der Waals surface area (Å²) in [4.78, 5) is 2.28. The van der Waals surface area contributed by atoms with Gasteiger partial charge in [-0.15, -0.1) is 0 Å². The molecule has 0 radical (unpaired) electrons. The number of hydrogen-bond acceptors (Lipinski definition) is 2. The third-order valence-corrected chi connectivity index (χ3v) is 3.59. The first kappa shape index (κ1) is 11.1. The van der Waals surface area contributed by atoms with Crippen LogP contribution in [0.2, 0.25) is 0 Å². The van der Waals surface area contributed by atoms with Gasteiger partial charge in [0.25, 0.3) is 0 Å². The van der Waals surface area contributed by atoms with Gasteiger partial charge in [-0.25, -0.2) is 0 Å². The highest BCUT2D eigenvalue weighted by Crippen LogP contribution is 2.17. The van der Waals surface area contributed by atoms with E-state index in [1.807, 2.05) is 11.8 Å². The van der Waals surface area contributed by atoms with Gasteiger partial charge in [-0.3, -0.25) is 0 Å². The maximum absolute atomic E-state index is 5.30. The van der Waals surface area contributed by atoms with Crippen LogP contribution >= 0.6 is 24.0 Å². The van der Waals surface area contributed by atoms with E-state index >= 15 is 0 Å². The van der Waals surface area contributed by atoms with Gasteiger partial charge in [-0.2, -0.15) is 11.8 Å². The summed E-state index contributed by atoms with van der Waals surface area (Å²) in [5.41, 5.74) is 0. The molecule has 4 heteroatoms. The zero-order valence-electron chi connectivity index (χ0n) is 8.38. The highest BCUT2D eigenvalue weighted by Gasteiger charge is 2.17. The van der Waals surface area contributed by atoms with Crippen LogP contribution in [0, 0.1) is 0 Å². The Bertz CT molecular complexity index is 173. The fourth-order valence-corrected chi connectivity index (χ4v) is 2.63. The van der Waals surface area contributed by atoms with Crippen molar-refractivity contribution in [2.45, 2.75) is 25.5 Å². The standard InChI is InChI=1S/C9H18N2S2/c1-3-4-10-9(12)11-5-6-13-8(2)7-11/h8H,3-7H2,1-2H3,(H,10,12). The van der Waals surface area contributed by atoms with Crippen molar-refractivity contribution in [1.82, 2.24) is 10.2 Å². The van der Waals surface area contributed by atoms with Crippen molar-refractivity contribution in [3.63, 3.8) is 0 Å². The molecule has 0 bridgehead atoms. The molecule has 0 aromatic carbocycles. The molecule has 0 saturated carbocycles. The molecular weight excluding hydrogens is 200 g/mol. The fourth-order valence-electron chi connectivity index (χ4n) is 1.35. The van der Waals surface area contributed by atoms with Gasteiger partial charge in [-0.1, -0.05) is 13.8 Å². The normalized spacial score (nSPS) is 22.9. The lowest BCUT2D eigenvalue weighted by Gasteiger charge is -2.32. The van der Waals surface area contributed by atoms with E-state index in [0.29, 0.717) is 0 Å². The summed E-state index contributed by atoms with van der Waals surface area (Å²) in [5, 5.41) is 4.93. The van der Waals surface area contributed by atoms with Crippen molar-refractivity contribution in [2.24, 2.45) is 0 Å². The molecule has 1 N–H and O–H groups in total. The van der Waals surface area contributed by atoms with Gasteiger partial charge >= 0.3 is 0 Å². The van der Waals surface area contributed by atoms with Crippen molar-refractivity contribution in [3.8, 4) is 0 Å². The molecule has 76 valence electrons. The van der Waals surface area contributed by atoms with Gasteiger partial charge in [0, 0.05) is 30.6 Å². The monoisotopic (exact) mass is 218 g/mol. The predicted octanol–water partition coefficient (Wildman–Crippen LogP) is 1.71. The Kier molecular flexibility index (Phi) is 4.88. The van der Waals surface area contributed by atoms with Crippen LogP contribution in [0.4, 0.5) is 0 Å². The molecule has 0 amide bonds. The zero-order valence-corrected chi connectivity index (χ0v) is 10.0. The molecular formula is C9H18N2S2. The Labute approximate surface area is 90.4 Å². The Hall–Kier alpha value is 0.0400. The molecule has 0 aromatic heterocycles. The van der Waals surface area contributed by atoms with Crippen molar-refractivity contribution >= 4 is 29.1 Å². The molecule has 0 aromatic rings. The molecule has 1 heterocycles. The SMILES string of the molecule is CCCNC(=S)N1CCSC(C)C1. The van der Waals surface area contributed by atoms with Crippen LogP contribution in [0.15, 0.2) is 0 Å². The van der Waals surface area contributed by atoms with Crippen LogP contribution in [0.25, 0.3) is 0 Å². The Morgan fingerprint density at radius 2 is 2.46 bits per heavy atom. The predicted molar refractivity (Wildman–Crippen MR) is 64.4 cm³/mol. The summed E-state index contributed by atoms with van der Waals surface area (Å²) >= 11 is 7.33. The minimum atomic E-state index is 0.718. The minimum Gasteiger partial charge on any atom is -0.363 e. The molecule has 1 unspecified atom stereocenters. The molecule has 13 heavy (non-hydrogen) atoms. The summed E-state index contributed by atoms with van der Waals surface area (Å²) in [7, 11) is 0. The van der Waals surface area contributed by atoms with Gasteiger partial charge < -0.3 is 10.2 Å². The fraction of sp³-hybridized carbons (Fsp3) is 0.889. The van der Waals surface area contributed by atoms with E-state index in [1.54, 1.807) is 0 Å². The molecule has 1 aliphatic heterocycles. The number of nitrogens with one attached hydrogen (secondary N) is 1. The average Bonchev–Trinajstić information content (AvgIpc) is 2.14. The maximum Gasteiger partial charge on any atom is 0.168 e. The van der Waals surface area contributed by atoms with Gasteiger partial charge in [0.1, 0.15) is 0 Å². The molecule has 1 saturated heterocycles. The third-order valence-electron chi connectivity index (χ3n) is 2.05. The molecule has 1 fully saturated rings. The number of thiocarbonyl (C=S) groups is 1. The van der Waals surface area contributed by atoms with Crippen LogP contribution in [0.5, 0.6) is 0 Å². The summed E-state index contributed by atoms with van der Waals surface area (Å²) in [6.07, 6.45) is 1.14. The lowest BCUT2D eigenvalue weighted by molar-refractivity contribution is 0.428. The van der Waals surface area contributed by atoms with Crippen molar-refractivity contribution in [2.75, 3.05) is 25.4 Å². The first-order valence-corrected chi connectivity index (χ1v) is 6.34. The van der Waals surface area contributed by atoms with Crippen LogP contribution in [-0.2, 0) is 0 Å². The average molecular weight is 218 g/mol. The molecule has 1 atom stereocenters. The highest BCUT2D eigenvalue weighted by atomic mass is 32.2. The van der Waals surface area contributed by atoms with Gasteiger partial charge in [0.2, 0.25) is 0 Å². The van der Waals surface area contributed by atoms with Crippen molar-refractivity contribution in [1.29, 1.82) is 0 Å². The van der Waals surface area contributed by atoms with E-state index in [-0.39, 0.29) is 0 Å². The van der Waals surface area contributed by atoms with Crippen molar-refractivity contribution < 1.29 is 0 Å². The van der Waals surface area contributed by atoms with E-state index in [2.05, 4.69) is 24.1 Å². The second kappa shape index (κ2) is 5.70. The second-order valence-corrected chi connectivity index (χ2v) is 5.29. The highest BCUT2D eigenvalue weighted by molar-refractivity contribution is 8.00. The number of hydrogen-bond donors (Lipinski definition) is 1. The number of thioether (sulfide) groups is 1. The Morgan fingerprint density at radius 3 is 3.08 bits per heavy atom. The topological polar surface area (TPSA) is 15.3 Å². The van der Waals surface area contributed by atoms with E-state index in [0.717, 1.165) is 36.4 Å². The van der Waals surface area contributed by atoms with Crippen LogP contribution in [0.1, 0.15) is 20.3 Å². The molecule has 0 aliphatic carbocycles. The summed E-state index contributed by atoms with van der Waals surface area (Å²) in [6.45, 7) is 7.62. The second-order valence-electron chi connectivity index (χ2n) is 3.36. The summed E-state index contributed by atoms with van der Waals surface area (Å²) in [5.74, 6) is 1.20. The first-order chi connectivity index (χ1) is 6.24. The lowest BCUT2D eigenvalue weighted by atomic mass is 10.4. The number of rotatable bonds is 2. The Balaban J connectivity index is 2.28. The van der Waals surface area contributed by atoms with Gasteiger partial charge in [0.05, 0.1) is 0 Å². The summed E-state index contributed by atoms with van der Waals surface area (Å²) in [6, 6.07) is 0. The maximum atomic E-state index is 5.30. The van der Waals surface area contributed by atoms with Gasteiger partial charge in [-0.05, 0) is 18.6 Å². The van der Waals surface area contributed by atoms with Crippen molar-refractivity contribution in [3.05, 3.63) is 0 Å². The van der Waals surface area contributed by atoms with E-state index < -0.39 is 0 Å². The van der Waals surface area contributed by atoms with E-state index in [1.165, 1.54) is 5.75 Å². The molecule has 1 aliphatic rings. The summed E-state index contributed by atoms with van der Waals surface area (Å²) < 4.78 is 0. The van der Waals surface area contributed by atoms with Crippen LogP contribution in [-0.4, -0.2) is 40.6 Å². The number of nitrogens with zero attached hydrogens (tertiary/aromatic N) is 1. The first-order valence-electron chi connectivity index (χ1n) is 4.88.